The molecule has 0 aromatic heterocycles. The van der Waals surface area contributed by atoms with Crippen molar-refractivity contribution in [1.82, 2.24) is 0 Å². The Bertz CT molecular complexity index is 341. The van der Waals surface area contributed by atoms with Crippen molar-refractivity contribution in [3.8, 4) is 11.5 Å². The van der Waals surface area contributed by atoms with Gasteiger partial charge in [-0.1, -0.05) is 0 Å². The molecule has 0 saturated heterocycles. The van der Waals surface area contributed by atoms with E-state index in [0.717, 1.165) is 10.7 Å². The van der Waals surface area contributed by atoms with E-state index in [-0.39, 0.29) is 0 Å². The molecular weight excluding hydrogens is 464 g/mol. The van der Waals surface area contributed by atoms with Crippen LogP contribution in [0, 0.1) is 44.7 Å². The van der Waals surface area contributed by atoms with E-state index in [1.807, 2.05) is 6.92 Å². The van der Waals surface area contributed by atoms with E-state index in [9.17, 15) is 0 Å². The third-order valence-electron chi connectivity index (χ3n) is 0.815. The zero-order valence-corrected chi connectivity index (χ0v) is 16.0. The minimum atomic E-state index is -1.20. The van der Waals surface area contributed by atoms with Gasteiger partial charge in [0.25, 0.3) is 0 Å². The molecular formula is C13H14O6SiW. The monoisotopic (exact) mass is 478 g/mol. The van der Waals surface area contributed by atoms with Crippen molar-refractivity contribution in [3.05, 3.63) is 33.3 Å². The first kappa shape index (κ1) is 36.8. The Kier molecular flexibility index (Phi) is 75.0. The van der Waals surface area contributed by atoms with Crippen LogP contribution in [0.2, 0.25) is 19.6 Å². The van der Waals surface area contributed by atoms with Crippen molar-refractivity contribution in [1.29, 1.82) is 0 Å². The standard InChI is InChI=1S/C8H14OSi.5CO.W/c1-5-9-7-6-8-10(2,3)4;5*1-2;/h5H2,1-4H3;;;;;;. The third-order valence-corrected chi connectivity index (χ3v) is 2.48. The van der Waals surface area contributed by atoms with Crippen LogP contribution in [0.3, 0.4) is 0 Å². The molecule has 0 heterocycles. The molecule has 0 spiro atoms. The van der Waals surface area contributed by atoms with Gasteiger partial charge < -0.3 is 0 Å². The summed E-state index contributed by atoms with van der Waals surface area (Å²) in [6.45, 7) is 31.9. The van der Waals surface area contributed by atoms with Gasteiger partial charge in [0.15, 0.2) is 0 Å². The SMILES string of the molecule is CCO[C](=[W])C#C[Si](C)(C)C.[C-]#[O+].[C-]#[O+].[C-]#[O+].[C-]#[O+].[C-]#[O+]. The van der Waals surface area contributed by atoms with Crippen LogP contribution in [0.5, 0.6) is 0 Å². The molecule has 6 nitrogen and oxygen atoms in total. The molecule has 0 atom stereocenters. The first-order chi connectivity index (χ1) is 9.95. The van der Waals surface area contributed by atoms with E-state index in [1.54, 1.807) is 0 Å². The van der Waals surface area contributed by atoms with Crippen molar-refractivity contribution in [2.24, 2.45) is 0 Å². The van der Waals surface area contributed by atoms with Crippen LogP contribution in [-0.2, 0) is 47.4 Å². The van der Waals surface area contributed by atoms with Crippen LogP contribution in [0.15, 0.2) is 0 Å². The van der Waals surface area contributed by atoms with Crippen molar-refractivity contribution in [3.63, 3.8) is 0 Å². The summed E-state index contributed by atoms with van der Waals surface area (Å²) in [4.78, 5) is 0. The Labute approximate surface area is 137 Å². The van der Waals surface area contributed by atoms with Gasteiger partial charge in [0.1, 0.15) is 0 Å². The second kappa shape index (κ2) is 42.8. The van der Waals surface area contributed by atoms with Gasteiger partial charge in [-0.3, -0.25) is 0 Å². The maximum atomic E-state index is 7.50. The molecule has 0 amide bonds. The minimum absolute atomic E-state index is 0.735. The molecule has 0 saturated carbocycles. The molecule has 0 aromatic carbocycles. The van der Waals surface area contributed by atoms with Gasteiger partial charge in [-0.15, -0.1) is 0 Å². The van der Waals surface area contributed by atoms with Gasteiger partial charge in [-0.2, -0.15) is 0 Å². The van der Waals surface area contributed by atoms with Crippen LogP contribution < -0.4 is 0 Å². The van der Waals surface area contributed by atoms with E-state index in [0.29, 0.717) is 0 Å². The average molecular weight is 478 g/mol. The molecule has 21 heavy (non-hydrogen) atoms. The van der Waals surface area contributed by atoms with Crippen molar-refractivity contribution in [2.45, 2.75) is 26.6 Å². The molecule has 0 aliphatic rings. The Morgan fingerprint density at radius 2 is 1.19 bits per heavy atom. The number of hydrogen-bond acceptors (Lipinski definition) is 1. The van der Waals surface area contributed by atoms with Gasteiger partial charge >= 0.3 is 137 Å². The van der Waals surface area contributed by atoms with Gasteiger partial charge in [0, 0.05) is 0 Å². The molecule has 0 radical (unpaired) electrons. The van der Waals surface area contributed by atoms with E-state index >= 15 is 0 Å². The molecule has 0 aliphatic carbocycles. The fraction of sp³-hybridized carbons (Fsp3) is 0.385. The van der Waals surface area contributed by atoms with Crippen molar-refractivity contribution >= 4 is 12.2 Å². The van der Waals surface area contributed by atoms with E-state index in [4.69, 9.17) is 28.0 Å². The Balaban J connectivity index is -0.0000000474. The Morgan fingerprint density at radius 1 is 0.905 bits per heavy atom. The van der Waals surface area contributed by atoms with Crippen LogP contribution >= 0.6 is 0 Å². The summed E-state index contributed by atoms with van der Waals surface area (Å²) in [6.07, 6.45) is 0. The first-order valence-electron chi connectivity index (χ1n) is 4.67. The van der Waals surface area contributed by atoms with E-state index < -0.39 is 8.07 Å². The molecule has 8 heteroatoms. The number of hydrogen-bond donors (Lipinski definition) is 0. The first-order valence-corrected chi connectivity index (χ1v) is 9.64. The third kappa shape index (κ3) is 85.8. The summed E-state index contributed by atoms with van der Waals surface area (Å²) in [6, 6.07) is 0. The zero-order chi connectivity index (χ0) is 18.9. The maximum absolute atomic E-state index is 7.50. The normalized spacial score (nSPS) is 5.81. The van der Waals surface area contributed by atoms with Crippen molar-refractivity contribution in [2.75, 3.05) is 6.61 Å². The molecule has 0 aromatic rings. The topological polar surface area (TPSA) is 109 Å². The Hall–Kier alpha value is -1.00. The molecule has 0 aliphatic heterocycles. The van der Waals surface area contributed by atoms with Crippen LogP contribution in [0.4, 0.5) is 0 Å². The zero-order valence-electron chi connectivity index (χ0n) is 12.1. The van der Waals surface area contributed by atoms with Crippen molar-refractivity contribution < 1.29 is 47.4 Å². The number of rotatable bonds is 2. The predicted molar refractivity (Wildman–Crippen MR) is 67.4 cm³/mol. The molecule has 0 N–H and O–H groups in total. The second-order valence-electron chi connectivity index (χ2n) is 3.22. The molecule has 0 bridgehead atoms. The summed E-state index contributed by atoms with van der Waals surface area (Å²) < 4.78 is 43.7. The summed E-state index contributed by atoms with van der Waals surface area (Å²) >= 11 is 1.33. The average Bonchev–Trinajstić information content (AvgIpc) is 2.55. The summed E-state index contributed by atoms with van der Waals surface area (Å²) in [7, 11) is -1.20. The number of ether oxygens (including phenoxy) is 1. The van der Waals surface area contributed by atoms with Gasteiger partial charge in [-0.25, -0.2) is 0 Å². The predicted octanol–water partition coefficient (Wildman–Crippen LogP) is 1.39. The molecule has 112 valence electrons. The molecule has 0 fully saturated rings. The molecule has 0 unspecified atom stereocenters. The van der Waals surface area contributed by atoms with E-state index in [1.165, 1.54) is 19.4 Å². The van der Waals surface area contributed by atoms with E-state index in [2.05, 4.69) is 64.4 Å². The Morgan fingerprint density at radius 3 is 1.38 bits per heavy atom. The summed E-state index contributed by atoms with van der Waals surface area (Å²) in [5, 5.41) is 0. The fourth-order valence-corrected chi connectivity index (χ4v) is 1.86. The summed E-state index contributed by atoms with van der Waals surface area (Å²) in [5.41, 5.74) is 3.25. The second-order valence-corrected chi connectivity index (χ2v) is 9.30. The summed E-state index contributed by atoms with van der Waals surface area (Å²) in [5.74, 6) is 3.07. The fourth-order valence-electron chi connectivity index (χ4n) is 0.406. The van der Waals surface area contributed by atoms with Crippen LogP contribution in [0.1, 0.15) is 6.92 Å². The van der Waals surface area contributed by atoms with Gasteiger partial charge in [0.05, 0.1) is 0 Å². The van der Waals surface area contributed by atoms with Gasteiger partial charge in [-0.05, 0) is 0 Å². The van der Waals surface area contributed by atoms with Crippen LogP contribution in [-0.4, -0.2) is 18.8 Å². The quantitative estimate of drug-likeness (QED) is 0.254. The van der Waals surface area contributed by atoms with Gasteiger partial charge in [0.2, 0.25) is 0 Å². The molecule has 0 rings (SSSR count). The van der Waals surface area contributed by atoms with Crippen LogP contribution in [0.25, 0.3) is 0 Å².